The molecule has 3 nitrogen and oxygen atoms in total. The van der Waals surface area contributed by atoms with Crippen LogP contribution in [0.1, 0.15) is 44.6 Å². The largest absolute Gasteiger partial charge is 0.416 e. The minimum absolute atomic E-state index is 0.276. The highest BCUT2D eigenvalue weighted by atomic mass is 19.4. The molecule has 0 radical (unpaired) electrons. The van der Waals surface area contributed by atoms with Crippen molar-refractivity contribution in [3.8, 4) is 0 Å². The summed E-state index contributed by atoms with van der Waals surface area (Å²) in [6, 6.07) is 2.14. The molecule has 21 heavy (non-hydrogen) atoms. The second-order valence-electron chi connectivity index (χ2n) is 5.56. The summed E-state index contributed by atoms with van der Waals surface area (Å²) in [5.41, 5.74) is -0.665. The molecule has 0 aliphatic heterocycles. The van der Waals surface area contributed by atoms with Gasteiger partial charge in [-0.3, -0.25) is 0 Å². The van der Waals surface area contributed by atoms with Crippen LogP contribution in [0.2, 0.25) is 0 Å². The molecule has 1 aromatic rings. The number of anilines is 2. The Balaban J connectivity index is 2.02. The Bertz CT molecular complexity index is 456. The number of hydrogen-bond acceptors (Lipinski definition) is 3. The predicted octanol–water partition coefficient (Wildman–Crippen LogP) is 4.52. The van der Waals surface area contributed by atoms with Crippen molar-refractivity contribution in [1.82, 2.24) is 4.98 Å². The van der Waals surface area contributed by atoms with Gasteiger partial charge in [0.2, 0.25) is 0 Å². The van der Waals surface area contributed by atoms with Gasteiger partial charge in [-0.1, -0.05) is 26.2 Å². The smallest absolute Gasteiger partial charge is 0.370 e. The van der Waals surface area contributed by atoms with E-state index in [2.05, 4.69) is 15.6 Å². The molecule has 1 saturated carbocycles. The number of rotatable bonds is 7. The van der Waals surface area contributed by atoms with E-state index in [4.69, 9.17) is 0 Å². The van der Waals surface area contributed by atoms with Gasteiger partial charge < -0.3 is 10.6 Å². The van der Waals surface area contributed by atoms with E-state index in [0.29, 0.717) is 18.9 Å². The molecule has 1 aliphatic carbocycles. The molecule has 118 valence electrons. The summed E-state index contributed by atoms with van der Waals surface area (Å²) in [7, 11) is 0. The van der Waals surface area contributed by atoms with Crippen LogP contribution in [0.3, 0.4) is 0 Å². The molecule has 0 spiro atoms. The molecular weight excluding hydrogens is 279 g/mol. The number of nitrogens with zero attached hydrogens (tertiary/aromatic N) is 1. The topological polar surface area (TPSA) is 37.0 Å². The lowest BCUT2D eigenvalue weighted by atomic mass is 9.83. The van der Waals surface area contributed by atoms with Gasteiger partial charge in [-0.15, -0.1) is 0 Å². The summed E-state index contributed by atoms with van der Waals surface area (Å²) in [4.78, 5) is 4.20. The van der Waals surface area contributed by atoms with E-state index in [-0.39, 0.29) is 5.82 Å². The average molecular weight is 301 g/mol. The molecule has 0 saturated heterocycles. The summed E-state index contributed by atoms with van der Waals surface area (Å²) >= 11 is 0. The van der Waals surface area contributed by atoms with Crippen LogP contribution in [0.4, 0.5) is 24.8 Å². The molecule has 2 rings (SSSR count). The normalized spacial score (nSPS) is 15.6. The number of halogens is 3. The average Bonchev–Trinajstić information content (AvgIpc) is 2.38. The molecule has 0 unspecified atom stereocenters. The quantitative estimate of drug-likeness (QED) is 0.777. The van der Waals surface area contributed by atoms with Crippen molar-refractivity contribution in [2.24, 2.45) is 5.92 Å². The van der Waals surface area contributed by atoms with E-state index in [1.165, 1.54) is 19.3 Å². The Labute approximate surface area is 123 Å². The highest BCUT2D eigenvalue weighted by Crippen LogP contribution is 2.32. The number of nitrogens with one attached hydrogen (secondary N) is 2. The zero-order valence-corrected chi connectivity index (χ0v) is 12.3. The van der Waals surface area contributed by atoms with Gasteiger partial charge >= 0.3 is 6.18 Å². The summed E-state index contributed by atoms with van der Waals surface area (Å²) in [6.45, 7) is 3.24. The second-order valence-corrected chi connectivity index (χ2v) is 5.56. The minimum atomic E-state index is -4.35. The van der Waals surface area contributed by atoms with Crippen LogP contribution < -0.4 is 10.6 Å². The lowest BCUT2D eigenvalue weighted by molar-refractivity contribution is -0.137. The first-order valence-electron chi connectivity index (χ1n) is 7.56. The van der Waals surface area contributed by atoms with E-state index in [1.807, 2.05) is 6.92 Å². The Morgan fingerprint density at radius 1 is 1.14 bits per heavy atom. The molecule has 1 aliphatic rings. The Kier molecular flexibility index (Phi) is 5.31. The first-order valence-corrected chi connectivity index (χ1v) is 7.56. The van der Waals surface area contributed by atoms with Crippen LogP contribution in [-0.4, -0.2) is 18.1 Å². The van der Waals surface area contributed by atoms with Crippen molar-refractivity contribution < 1.29 is 13.2 Å². The maximum Gasteiger partial charge on any atom is 0.416 e. The van der Waals surface area contributed by atoms with Crippen molar-refractivity contribution in [2.75, 3.05) is 23.7 Å². The SMILES string of the molecule is CCCNc1cc(C(F)(F)F)cc(NCCC2CCC2)n1. The fourth-order valence-electron chi connectivity index (χ4n) is 2.31. The van der Waals surface area contributed by atoms with Crippen LogP contribution >= 0.6 is 0 Å². The van der Waals surface area contributed by atoms with E-state index in [0.717, 1.165) is 30.9 Å². The molecule has 0 bridgehead atoms. The van der Waals surface area contributed by atoms with Crippen LogP contribution in [0.25, 0.3) is 0 Å². The zero-order valence-electron chi connectivity index (χ0n) is 12.3. The van der Waals surface area contributed by atoms with Crippen molar-refractivity contribution in [2.45, 2.75) is 45.2 Å². The molecule has 0 amide bonds. The van der Waals surface area contributed by atoms with Gasteiger partial charge in [0.15, 0.2) is 0 Å². The second kappa shape index (κ2) is 7.00. The number of pyridine rings is 1. The Morgan fingerprint density at radius 2 is 1.76 bits per heavy atom. The minimum Gasteiger partial charge on any atom is -0.370 e. The third-order valence-electron chi connectivity index (χ3n) is 3.79. The van der Waals surface area contributed by atoms with Crippen molar-refractivity contribution >= 4 is 11.6 Å². The van der Waals surface area contributed by atoms with Gasteiger partial charge in [0, 0.05) is 13.1 Å². The Morgan fingerprint density at radius 3 is 2.24 bits per heavy atom. The summed E-state index contributed by atoms with van der Waals surface area (Å²) in [5, 5.41) is 5.94. The number of hydrogen-bond donors (Lipinski definition) is 2. The fraction of sp³-hybridized carbons (Fsp3) is 0.667. The molecule has 6 heteroatoms. The molecule has 0 aromatic carbocycles. The van der Waals surface area contributed by atoms with Crippen LogP contribution in [0, 0.1) is 5.92 Å². The van der Waals surface area contributed by atoms with Gasteiger partial charge in [0.1, 0.15) is 11.6 Å². The van der Waals surface area contributed by atoms with Crippen LogP contribution in [0.5, 0.6) is 0 Å². The highest BCUT2D eigenvalue weighted by molar-refractivity contribution is 5.49. The highest BCUT2D eigenvalue weighted by Gasteiger charge is 2.31. The number of alkyl halides is 3. The van der Waals surface area contributed by atoms with Crippen LogP contribution in [0.15, 0.2) is 12.1 Å². The van der Waals surface area contributed by atoms with Gasteiger partial charge in [0.05, 0.1) is 5.56 Å². The van der Waals surface area contributed by atoms with E-state index < -0.39 is 11.7 Å². The van der Waals surface area contributed by atoms with Crippen molar-refractivity contribution in [3.05, 3.63) is 17.7 Å². The molecule has 1 aromatic heterocycles. The monoisotopic (exact) mass is 301 g/mol. The lowest BCUT2D eigenvalue weighted by Crippen LogP contribution is -2.17. The standard InChI is InChI=1S/C15H22F3N3/c1-2-7-19-13-9-12(15(16,17)18)10-14(21-13)20-8-6-11-4-3-5-11/h9-11H,2-8H2,1H3,(H2,19,20,21). The van der Waals surface area contributed by atoms with Crippen molar-refractivity contribution in [1.29, 1.82) is 0 Å². The van der Waals surface area contributed by atoms with Gasteiger partial charge in [0.25, 0.3) is 0 Å². The molecule has 1 fully saturated rings. The molecule has 2 N–H and O–H groups in total. The summed E-state index contributed by atoms with van der Waals surface area (Å²) in [5.74, 6) is 1.29. The summed E-state index contributed by atoms with van der Waals surface area (Å²) < 4.78 is 38.7. The first kappa shape index (κ1) is 15.9. The number of aromatic nitrogens is 1. The van der Waals surface area contributed by atoms with Crippen molar-refractivity contribution in [3.63, 3.8) is 0 Å². The Hall–Kier alpha value is -1.46. The van der Waals surface area contributed by atoms with Gasteiger partial charge in [-0.25, -0.2) is 4.98 Å². The van der Waals surface area contributed by atoms with E-state index in [1.54, 1.807) is 0 Å². The summed E-state index contributed by atoms with van der Waals surface area (Å²) in [6.07, 6.45) is 1.23. The van der Waals surface area contributed by atoms with Gasteiger partial charge in [-0.2, -0.15) is 13.2 Å². The third-order valence-corrected chi connectivity index (χ3v) is 3.79. The zero-order chi connectivity index (χ0) is 15.3. The fourth-order valence-corrected chi connectivity index (χ4v) is 2.31. The molecular formula is C15H22F3N3. The van der Waals surface area contributed by atoms with E-state index in [9.17, 15) is 13.2 Å². The molecule has 0 atom stereocenters. The van der Waals surface area contributed by atoms with E-state index >= 15 is 0 Å². The van der Waals surface area contributed by atoms with Gasteiger partial charge in [-0.05, 0) is 30.9 Å². The predicted molar refractivity (Wildman–Crippen MR) is 78.5 cm³/mol. The molecule has 1 heterocycles. The van der Waals surface area contributed by atoms with Crippen LogP contribution in [-0.2, 0) is 6.18 Å². The lowest BCUT2D eigenvalue weighted by Gasteiger charge is -2.25. The maximum atomic E-state index is 12.9. The third kappa shape index (κ3) is 4.79. The maximum absolute atomic E-state index is 12.9. The first-order chi connectivity index (χ1) is 9.99.